The lowest BCUT2D eigenvalue weighted by molar-refractivity contribution is -0.121. The van der Waals surface area contributed by atoms with Crippen molar-refractivity contribution in [3.8, 4) is 0 Å². The first-order chi connectivity index (χ1) is 8.50. The van der Waals surface area contributed by atoms with Gasteiger partial charge in [0.2, 0.25) is 5.91 Å². The number of amides is 1. The molecule has 4 heteroatoms. The Morgan fingerprint density at radius 1 is 1.28 bits per heavy atom. The van der Waals surface area contributed by atoms with Crippen LogP contribution in [0.1, 0.15) is 38.8 Å². The van der Waals surface area contributed by atoms with Crippen molar-refractivity contribution in [3.05, 3.63) is 35.6 Å². The van der Waals surface area contributed by atoms with Crippen LogP contribution >= 0.6 is 0 Å². The summed E-state index contributed by atoms with van der Waals surface area (Å²) in [5.41, 5.74) is 0.627. The summed E-state index contributed by atoms with van der Waals surface area (Å²) in [5, 5.41) is 5.96. The monoisotopic (exact) mass is 252 g/mol. The zero-order valence-corrected chi connectivity index (χ0v) is 11.2. The molecule has 0 aliphatic rings. The lowest BCUT2D eigenvalue weighted by Gasteiger charge is -2.15. The van der Waals surface area contributed by atoms with Gasteiger partial charge in [-0.25, -0.2) is 4.39 Å². The molecule has 3 nitrogen and oxygen atoms in total. The molecule has 0 heterocycles. The highest BCUT2D eigenvalue weighted by Gasteiger charge is 2.10. The zero-order valence-electron chi connectivity index (χ0n) is 11.2. The Balaban J connectivity index is 2.36. The molecule has 0 aliphatic heterocycles. The molecule has 2 N–H and O–H groups in total. The molecule has 1 amide bonds. The molecule has 0 fully saturated rings. The summed E-state index contributed by atoms with van der Waals surface area (Å²) in [7, 11) is 0. The minimum Gasteiger partial charge on any atom is -0.354 e. The molecule has 0 spiro atoms. The van der Waals surface area contributed by atoms with Crippen LogP contribution in [0.3, 0.4) is 0 Å². The Hall–Kier alpha value is -1.42. The predicted octanol–water partition coefficient (Wildman–Crippen LogP) is 2.39. The van der Waals surface area contributed by atoms with Crippen molar-refractivity contribution in [1.29, 1.82) is 0 Å². The summed E-state index contributed by atoms with van der Waals surface area (Å²) in [6, 6.07) is 6.73. The highest BCUT2D eigenvalue weighted by atomic mass is 19.1. The molecule has 18 heavy (non-hydrogen) atoms. The molecule has 0 bridgehead atoms. The van der Waals surface area contributed by atoms with E-state index in [1.165, 1.54) is 6.07 Å². The van der Waals surface area contributed by atoms with Gasteiger partial charge in [0, 0.05) is 30.6 Å². The average Bonchev–Trinajstić information content (AvgIpc) is 2.28. The second-order valence-electron chi connectivity index (χ2n) is 4.67. The van der Waals surface area contributed by atoms with Gasteiger partial charge < -0.3 is 10.6 Å². The van der Waals surface area contributed by atoms with E-state index in [1.807, 2.05) is 26.8 Å². The lowest BCUT2D eigenvalue weighted by atomic mass is 10.1. The SMILES string of the molecule is CC(C)NC(=O)CCNC(C)c1ccccc1F. The Bertz CT molecular complexity index is 393. The maximum absolute atomic E-state index is 13.5. The van der Waals surface area contributed by atoms with Crippen molar-refractivity contribution in [2.75, 3.05) is 6.54 Å². The fourth-order valence-electron chi connectivity index (χ4n) is 1.73. The predicted molar refractivity (Wildman–Crippen MR) is 70.7 cm³/mol. The number of nitrogens with one attached hydrogen (secondary N) is 2. The smallest absolute Gasteiger partial charge is 0.221 e. The summed E-state index contributed by atoms with van der Waals surface area (Å²) in [6.45, 7) is 6.27. The van der Waals surface area contributed by atoms with Crippen LogP contribution in [0.25, 0.3) is 0 Å². The Morgan fingerprint density at radius 2 is 1.94 bits per heavy atom. The molecule has 1 atom stereocenters. The molecule has 1 aromatic rings. The zero-order chi connectivity index (χ0) is 13.5. The van der Waals surface area contributed by atoms with Crippen LogP contribution in [0.15, 0.2) is 24.3 Å². The fraction of sp³-hybridized carbons (Fsp3) is 0.500. The normalized spacial score (nSPS) is 12.5. The summed E-state index contributed by atoms with van der Waals surface area (Å²) >= 11 is 0. The minimum absolute atomic E-state index is 0.0123. The molecule has 0 aliphatic carbocycles. The molecule has 1 rings (SSSR count). The van der Waals surface area contributed by atoms with Crippen LogP contribution < -0.4 is 10.6 Å². The van der Waals surface area contributed by atoms with Crippen LogP contribution in [0.4, 0.5) is 4.39 Å². The van der Waals surface area contributed by atoms with Gasteiger partial charge in [-0.15, -0.1) is 0 Å². The van der Waals surface area contributed by atoms with E-state index < -0.39 is 0 Å². The van der Waals surface area contributed by atoms with E-state index in [9.17, 15) is 9.18 Å². The van der Waals surface area contributed by atoms with Crippen molar-refractivity contribution in [1.82, 2.24) is 10.6 Å². The number of rotatable bonds is 6. The minimum atomic E-state index is -0.218. The van der Waals surface area contributed by atoms with Gasteiger partial charge in [-0.2, -0.15) is 0 Å². The van der Waals surface area contributed by atoms with E-state index in [2.05, 4.69) is 10.6 Å². The number of carbonyl (C=O) groups is 1. The lowest BCUT2D eigenvalue weighted by Crippen LogP contribution is -2.33. The highest BCUT2D eigenvalue weighted by Crippen LogP contribution is 2.15. The largest absolute Gasteiger partial charge is 0.354 e. The first-order valence-electron chi connectivity index (χ1n) is 6.28. The molecule has 0 radical (unpaired) electrons. The second-order valence-corrected chi connectivity index (χ2v) is 4.67. The Labute approximate surface area is 108 Å². The number of hydrogen-bond acceptors (Lipinski definition) is 2. The average molecular weight is 252 g/mol. The van der Waals surface area contributed by atoms with Crippen molar-refractivity contribution in [3.63, 3.8) is 0 Å². The van der Waals surface area contributed by atoms with Crippen LogP contribution in [-0.4, -0.2) is 18.5 Å². The van der Waals surface area contributed by atoms with E-state index in [0.717, 1.165) is 0 Å². The number of benzene rings is 1. The first kappa shape index (κ1) is 14.6. The van der Waals surface area contributed by atoms with Crippen LogP contribution in [0, 0.1) is 5.82 Å². The third kappa shape index (κ3) is 4.84. The first-order valence-corrected chi connectivity index (χ1v) is 6.28. The highest BCUT2D eigenvalue weighted by molar-refractivity contribution is 5.76. The number of halogens is 1. The molecular weight excluding hydrogens is 231 g/mol. The van der Waals surface area contributed by atoms with Gasteiger partial charge in [0.25, 0.3) is 0 Å². The molecule has 0 saturated heterocycles. The van der Waals surface area contributed by atoms with Crippen molar-refractivity contribution >= 4 is 5.91 Å². The van der Waals surface area contributed by atoms with Crippen LogP contribution in [-0.2, 0) is 4.79 Å². The number of hydrogen-bond donors (Lipinski definition) is 2. The van der Waals surface area contributed by atoms with Crippen LogP contribution in [0.2, 0.25) is 0 Å². The Kier molecular flexibility index (Phi) is 5.78. The third-order valence-electron chi connectivity index (χ3n) is 2.62. The fourth-order valence-corrected chi connectivity index (χ4v) is 1.73. The molecule has 0 aromatic heterocycles. The molecule has 1 aromatic carbocycles. The quantitative estimate of drug-likeness (QED) is 0.816. The molecule has 0 saturated carbocycles. The summed E-state index contributed by atoms with van der Waals surface area (Å²) in [5.74, 6) is -0.206. The van der Waals surface area contributed by atoms with Gasteiger partial charge in [0.15, 0.2) is 0 Å². The van der Waals surface area contributed by atoms with Gasteiger partial charge in [0.1, 0.15) is 5.82 Å². The summed E-state index contributed by atoms with van der Waals surface area (Å²) in [6.07, 6.45) is 0.400. The maximum Gasteiger partial charge on any atom is 0.221 e. The second kappa shape index (κ2) is 7.11. The van der Waals surface area contributed by atoms with Gasteiger partial charge in [-0.3, -0.25) is 4.79 Å². The van der Waals surface area contributed by atoms with E-state index in [-0.39, 0.29) is 23.8 Å². The van der Waals surface area contributed by atoms with Crippen molar-refractivity contribution in [2.45, 2.75) is 39.3 Å². The van der Waals surface area contributed by atoms with Gasteiger partial charge >= 0.3 is 0 Å². The summed E-state index contributed by atoms with van der Waals surface area (Å²) < 4.78 is 13.5. The van der Waals surface area contributed by atoms with E-state index in [1.54, 1.807) is 12.1 Å². The van der Waals surface area contributed by atoms with E-state index in [4.69, 9.17) is 0 Å². The van der Waals surface area contributed by atoms with E-state index in [0.29, 0.717) is 18.5 Å². The van der Waals surface area contributed by atoms with Crippen LogP contribution in [0.5, 0.6) is 0 Å². The van der Waals surface area contributed by atoms with Gasteiger partial charge in [0.05, 0.1) is 0 Å². The Morgan fingerprint density at radius 3 is 2.56 bits per heavy atom. The van der Waals surface area contributed by atoms with Crippen molar-refractivity contribution < 1.29 is 9.18 Å². The number of carbonyl (C=O) groups excluding carboxylic acids is 1. The van der Waals surface area contributed by atoms with Gasteiger partial charge in [-0.05, 0) is 26.8 Å². The summed E-state index contributed by atoms with van der Waals surface area (Å²) in [4.78, 5) is 11.4. The molecule has 100 valence electrons. The topological polar surface area (TPSA) is 41.1 Å². The van der Waals surface area contributed by atoms with Crippen molar-refractivity contribution in [2.24, 2.45) is 0 Å². The standard InChI is InChI=1S/C14H21FN2O/c1-10(2)17-14(18)8-9-16-11(3)12-6-4-5-7-13(12)15/h4-7,10-11,16H,8-9H2,1-3H3,(H,17,18). The third-order valence-corrected chi connectivity index (χ3v) is 2.62. The van der Waals surface area contributed by atoms with Gasteiger partial charge in [-0.1, -0.05) is 18.2 Å². The maximum atomic E-state index is 13.5. The molecule has 1 unspecified atom stereocenters. The van der Waals surface area contributed by atoms with E-state index >= 15 is 0 Å². The molecular formula is C14H21FN2O.